The standard InChI is InChI=1S/C17H19N3OS/c1-4-6-16-13(9-10-18)14-7-5-8-15(17(14)22(16)21)19-11-12-20(2)3/h5,7-8,19H,9,11-12H2,1-3H3. The molecular weight excluding hydrogens is 294 g/mol. The van der Waals surface area contributed by atoms with Crippen molar-refractivity contribution < 1.29 is 4.21 Å². The maximum Gasteiger partial charge on any atom is 0.0985 e. The van der Waals surface area contributed by atoms with Crippen molar-refractivity contribution in [1.82, 2.24) is 4.90 Å². The van der Waals surface area contributed by atoms with Crippen LogP contribution < -0.4 is 5.32 Å². The van der Waals surface area contributed by atoms with E-state index in [1.165, 1.54) is 0 Å². The van der Waals surface area contributed by atoms with Gasteiger partial charge in [0.1, 0.15) is 0 Å². The van der Waals surface area contributed by atoms with Crippen LogP contribution in [0.3, 0.4) is 0 Å². The zero-order valence-electron chi connectivity index (χ0n) is 13.1. The second-order valence-electron chi connectivity index (χ2n) is 5.20. The number of allylic oxidation sites excluding steroid dienone is 2. The Morgan fingerprint density at radius 1 is 1.36 bits per heavy atom. The van der Waals surface area contributed by atoms with Crippen LogP contribution in [0.5, 0.6) is 0 Å². The van der Waals surface area contributed by atoms with Crippen molar-refractivity contribution in [3.63, 3.8) is 0 Å². The lowest BCUT2D eigenvalue weighted by molar-refractivity contribution is 0.425. The van der Waals surface area contributed by atoms with Crippen LogP contribution in [0.15, 0.2) is 28.0 Å². The van der Waals surface area contributed by atoms with Gasteiger partial charge < -0.3 is 10.2 Å². The molecule has 0 radical (unpaired) electrons. The van der Waals surface area contributed by atoms with Gasteiger partial charge in [0.25, 0.3) is 0 Å². The first-order valence-corrected chi connectivity index (χ1v) is 8.21. The van der Waals surface area contributed by atoms with Crippen molar-refractivity contribution in [3.05, 3.63) is 28.7 Å². The first-order valence-electron chi connectivity index (χ1n) is 7.06. The summed E-state index contributed by atoms with van der Waals surface area (Å²) in [5.74, 6) is 5.72. The van der Waals surface area contributed by atoms with Crippen LogP contribution in [0.1, 0.15) is 18.9 Å². The SMILES string of the molecule is CC#CC1=C(CC#N)c2cccc(NCCN(C)C)c2S1=O. The summed E-state index contributed by atoms with van der Waals surface area (Å²) < 4.78 is 12.8. The van der Waals surface area contributed by atoms with Gasteiger partial charge in [-0.15, -0.1) is 5.92 Å². The van der Waals surface area contributed by atoms with Crippen LogP contribution in [0.2, 0.25) is 0 Å². The average Bonchev–Trinajstić information content (AvgIpc) is 2.74. The lowest BCUT2D eigenvalue weighted by atomic mass is 10.0. The number of anilines is 1. The van der Waals surface area contributed by atoms with E-state index in [1.807, 2.05) is 32.3 Å². The van der Waals surface area contributed by atoms with Crippen molar-refractivity contribution in [3.8, 4) is 17.9 Å². The minimum absolute atomic E-state index is 0.226. The normalized spacial score (nSPS) is 16.0. The Bertz CT molecular complexity index is 732. The molecule has 1 aromatic rings. The number of likely N-dealkylation sites (N-methyl/N-ethyl adjacent to an activating group) is 1. The van der Waals surface area contributed by atoms with E-state index in [2.05, 4.69) is 28.1 Å². The van der Waals surface area contributed by atoms with E-state index in [-0.39, 0.29) is 6.42 Å². The zero-order valence-corrected chi connectivity index (χ0v) is 13.9. The van der Waals surface area contributed by atoms with Gasteiger partial charge in [-0.2, -0.15) is 5.26 Å². The Hall–Kier alpha value is -2.08. The van der Waals surface area contributed by atoms with Crippen molar-refractivity contribution >= 4 is 22.1 Å². The molecule has 0 fully saturated rings. The molecule has 0 bridgehead atoms. The third-order valence-electron chi connectivity index (χ3n) is 3.35. The van der Waals surface area contributed by atoms with Gasteiger partial charge in [0.2, 0.25) is 0 Å². The maximum atomic E-state index is 12.8. The molecule has 1 aliphatic rings. The number of benzene rings is 1. The summed E-state index contributed by atoms with van der Waals surface area (Å²) in [6.07, 6.45) is 0.226. The molecule has 1 aliphatic heterocycles. The lowest BCUT2D eigenvalue weighted by Gasteiger charge is -2.14. The zero-order chi connectivity index (χ0) is 16.1. The summed E-state index contributed by atoms with van der Waals surface area (Å²) in [7, 11) is 2.71. The Labute approximate surface area is 134 Å². The van der Waals surface area contributed by atoms with Crippen molar-refractivity contribution in [2.75, 3.05) is 32.5 Å². The number of fused-ring (bicyclic) bond motifs is 1. The summed E-state index contributed by atoms with van der Waals surface area (Å²) in [6, 6.07) is 7.92. The molecule has 114 valence electrons. The van der Waals surface area contributed by atoms with Crippen molar-refractivity contribution in [1.29, 1.82) is 5.26 Å². The van der Waals surface area contributed by atoms with Crippen LogP contribution >= 0.6 is 0 Å². The first-order chi connectivity index (χ1) is 10.6. The fraction of sp³-hybridized carbons (Fsp3) is 0.353. The van der Waals surface area contributed by atoms with E-state index in [4.69, 9.17) is 5.26 Å². The van der Waals surface area contributed by atoms with E-state index in [0.717, 1.165) is 34.8 Å². The fourth-order valence-corrected chi connectivity index (χ4v) is 3.89. The second kappa shape index (κ2) is 7.26. The first kappa shape index (κ1) is 16.3. The van der Waals surface area contributed by atoms with Crippen LogP contribution in [0.4, 0.5) is 5.69 Å². The lowest BCUT2D eigenvalue weighted by Crippen LogP contribution is -2.21. The number of nitrogens with one attached hydrogen (secondary N) is 1. The van der Waals surface area contributed by atoms with Crippen LogP contribution in [-0.2, 0) is 10.8 Å². The Balaban J connectivity index is 2.40. The molecule has 2 rings (SSSR count). The van der Waals surface area contributed by atoms with Gasteiger partial charge in [0.05, 0.1) is 38.8 Å². The Kier molecular flexibility index (Phi) is 5.38. The van der Waals surface area contributed by atoms with Gasteiger partial charge in [-0.1, -0.05) is 18.1 Å². The highest BCUT2D eigenvalue weighted by atomic mass is 32.2. The molecule has 4 nitrogen and oxygen atoms in total. The highest BCUT2D eigenvalue weighted by Gasteiger charge is 2.29. The molecule has 5 heteroatoms. The molecule has 22 heavy (non-hydrogen) atoms. The molecule has 1 N–H and O–H groups in total. The van der Waals surface area contributed by atoms with Crippen molar-refractivity contribution in [2.24, 2.45) is 0 Å². The minimum Gasteiger partial charge on any atom is -0.383 e. The summed E-state index contributed by atoms with van der Waals surface area (Å²) in [5, 5.41) is 12.4. The van der Waals surface area contributed by atoms with Gasteiger partial charge >= 0.3 is 0 Å². The van der Waals surface area contributed by atoms with Crippen LogP contribution in [0, 0.1) is 23.2 Å². The van der Waals surface area contributed by atoms with E-state index in [1.54, 1.807) is 6.92 Å². The topological polar surface area (TPSA) is 56.1 Å². The van der Waals surface area contributed by atoms with Gasteiger partial charge in [0, 0.05) is 13.1 Å². The van der Waals surface area contributed by atoms with Gasteiger partial charge in [-0.05, 0) is 38.2 Å². The number of nitrogens with zero attached hydrogens (tertiary/aromatic N) is 2. The van der Waals surface area contributed by atoms with E-state index in [9.17, 15) is 4.21 Å². The van der Waals surface area contributed by atoms with E-state index < -0.39 is 10.8 Å². The summed E-state index contributed by atoms with van der Waals surface area (Å²) in [6.45, 7) is 3.37. The molecule has 0 saturated carbocycles. The van der Waals surface area contributed by atoms with Crippen molar-refractivity contribution in [2.45, 2.75) is 18.2 Å². The number of hydrogen-bond donors (Lipinski definition) is 1. The summed E-state index contributed by atoms with van der Waals surface area (Å²) >= 11 is 0. The van der Waals surface area contributed by atoms with Gasteiger partial charge in [-0.3, -0.25) is 0 Å². The summed E-state index contributed by atoms with van der Waals surface area (Å²) in [4.78, 5) is 3.41. The highest BCUT2D eigenvalue weighted by Crippen LogP contribution is 2.41. The second-order valence-corrected chi connectivity index (χ2v) is 6.55. The Morgan fingerprint density at radius 2 is 2.14 bits per heavy atom. The molecule has 1 heterocycles. The molecule has 1 unspecified atom stereocenters. The maximum absolute atomic E-state index is 12.8. The molecule has 0 saturated heterocycles. The van der Waals surface area contributed by atoms with Crippen LogP contribution in [0.25, 0.3) is 5.57 Å². The molecule has 0 aromatic heterocycles. The van der Waals surface area contributed by atoms with E-state index >= 15 is 0 Å². The molecule has 0 aliphatic carbocycles. The summed E-state index contributed by atoms with van der Waals surface area (Å²) in [5.41, 5.74) is 2.54. The van der Waals surface area contributed by atoms with E-state index in [0.29, 0.717) is 4.91 Å². The third kappa shape index (κ3) is 3.22. The fourth-order valence-electron chi connectivity index (χ4n) is 2.35. The Morgan fingerprint density at radius 3 is 2.77 bits per heavy atom. The third-order valence-corrected chi connectivity index (χ3v) is 4.88. The molecule has 0 amide bonds. The number of nitriles is 1. The van der Waals surface area contributed by atoms with Crippen LogP contribution in [-0.4, -0.2) is 36.3 Å². The molecule has 0 spiro atoms. The number of rotatable bonds is 5. The predicted octanol–water partition coefficient (Wildman–Crippen LogP) is 2.43. The minimum atomic E-state index is -1.31. The van der Waals surface area contributed by atoms with Gasteiger partial charge in [-0.25, -0.2) is 4.21 Å². The molecular formula is C17H19N3OS. The average molecular weight is 313 g/mol. The predicted molar refractivity (Wildman–Crippen MR) is 90.5 cm³/mol. The quantitative estimate of drug-likeness (QED) is 0.848. The smallest absolute Gasteiger partial charge is 0.0985 e. The monoisotopic (exact) mass is 313 g/mol. The molecule has 1 atom stereocenters. The largest absolute Gasteiger partial charge is 0.383 e. The highest BCUT2D eigenvalue weighted by molar-refractivity contribution is 7.90. The van der Waals surface area contributed by atoms with Gasteiger partial charge in [0.15, 0.2) is 0 Å². The molecule has 1 aromatic carbocycles. The number of hydrogen-bond acceptors (Lipinski definition) is 4.